The number of carboxylic acids is 1. The standard InChI is InChI=1S/C7H5NO3.C6H5.W.Y/c1-2-3-6(7(10)11)4-8-5-9;1-2-4-6-5-3-1;;/h1-3H,(H,8,9)(H,10,11);1-5H;;/q-2;-1;;/b6-3+;;;. The van der Waals surface area contributed by atoms with E-state index in [4.69, 9.17) is 11.7 Å². The summed E-state index contributed by atoms with van der Waals surface area (Å²) >= 11 is 0.823. The predicted octanol–water partition coefficient (Wildman–Crippen LogP) is 0.804. The summed E-state index contributed by atoms with van der Waals surface area (Å²) in [6.45, 7) is 5.01. The van der Waals surface area contributed by atoms with Crippen LogP contribution in [0.15, 0.2) is 48.1 Å². The van der Waals surface area contributed by atoms with E-state index in [2.05, 4.69) is 11.4 Å². The molecule has 0 unspecified atom stereocenters. The molecule has 0 aliphatic heterocycles. The molecule has 0 aromatic heterocycles. The second-order valence-electron chi connectivity index (χ2n) is 2.71. The van der Waals surface area contributed by atoms with Gasteiger partial charge in [0.1, 0.15) is 0 Å². The molecule has 1 aromatic rings. The predicted molar refractivity (Wildman–Crippen MR) is 63.7 cm³/mol. The van der Waals surface area contributed by atoms with Crippen molar-refractivity contribution in [2.24, 2.45) is 0 Å². The van der Waals surface area contributed by atoms with Gasteiger partial charge in [0.05, 0.1) is 0 Å². The van der Waals surface area contributed by atoms with Crippen molar-refractivity contribution in [3.05, 3.63) is 60.7 Å². The average molecular weight is 501 g/mol. The van der Waals surface area contributed by atoms with E-state index < -0.39 is 5.97 Å². The number of amides is 1. The number of allylic oxidation sites excluding steroid dienone is 2. The van der Waals surface area contributed by atoms with E-state index in [1.54, 1.807) is 0 Å². The fraction of sp³-hybridized carbons (Fsp3) is 0. The third-order valence-electron chi connectivity index (χ3n) is 1.51. The molecule has 0 atom stereocenters. The van der Waals surface area contributed by atoms with Crippen LogP contribution in [0.4, 0.5) is 0 Å². The minimum Gasteiger partial charge on any atom is -0.184 e. The SMILES string of the molecule is [CH-]=C/C=C(/C(=O)O)[C](=[W])N[C-]=O.[Y].[c-]1ccccc1. The Kier molecular flexibility index (Phi) is 14.9. The van der Waals surface area contributed by atoms with Crippen molar-refractivity contribution >= 4 is 16.4 Å². The Labute approximate surface area is 148 Å². The van der Waals surface area contributed by atoms with Gasteiger partial charge < -0.3 is 0 Å². The Morgan fingerprint density at radius 2 is 1.95 bits per heavy atom. The maximum absolute atomic E-state index is 10.5. The van der Waals surface area contributed by atoms with Gasteiger partial charge in [0, 0.05) is 32.7 Å². The Balaban J connectivity index is 0. The van der Waals surface area contributed by atoms with Gasteiger partial charge in [0.25, 0.3) is 0 Å². The topological polar surface area (TPSA) is 66.4 Å². The summed E-state index contributed by atoms with van der Waals surface area (Å²) in [4.78, 5) is 20.3. The van der Waals surface area contributed by atoms with Crippen LogP contribution >= 0.6 is 0 Å². The van der Waals surface area contributed by atoms with Gasteiger partial charge in [0.15, 0.2) is 0 Å². The van der Waals surface area contributed by atoms with Crippen LogP contribution in [0.5, 0.6) is 0 Å². The zero-order chi connectivity index (χ0) is 13.8. The summed E-state index contributed by atoms with van der Waals surface area (Å²) in [7, 11) is 0. The van der Waals surface area contributed by atoms with E-state index in [1.165, 1.54) is 12.5 Å². The third kappa shape index (κ3) is 10.9. The maximum atomic E-state index is 10.5. The number of carbonyl (C=O) groups excluding carboxylic acids is 1. The smallest absolute Gasteiger partial charge is 0 e. The number of benzene rings is 1. The molecule has 0 saturated heterocycles. The van der Waals surface area contributed by atoms with Gasteiger partial charge in [-0.2, -0.15) is 36.4 Å². The van der Waals surface area contributed by atoms with Crippen LogP contribution in [0.1, 0.15) is 0 Å². The number of hydrogen-bond acceptors (Lipinski definition) is 2. The number of hydrogen-bond donors (Lipinski definition) is 2. The van der Waals surface area contributed by atoms with Gasteiger partial charge in [-0.05, 0) is 0 Å². The van der Waals surface area contributed by atoms with Crippen molar-refractivity contribution < 1.29 is 66.8 Å². The summed E-state index contributed by atoms with van der Waals surface area (Å²) in [6.07, 6.45) is 3.69. The van der Waals surface area contributed by atoms with Crippen LogP contribution in [0.25, 0.3) is 0 Å². The van der Waals surface area contributed by atoms with Crippen molar-refractivity contribution in [2.75, 3.05) is 0 Å². The Morgan fingerprint density at radius 3 is 2.21 bits per heavy atom. The molecule has 0 spiro atoms. The molecule has 0 aliphatic rings. The van der Waals surface area contributed by atoms with Crippen LogP contribution in [0.3, 0.4) is 0 Å². The molecular formula is C13H10NO3WY-3. The second-order valence-corrected chi connectivity index (χ2v) is 4.18. The van der Waals surface area contributed by atoms with E-state index in [1.807, 2.05) is 30.3 Å². The molecule has 19 heavy (non-hydrogen) atoms. The van der Waals surface area contributed by atoms with Crippen LogP contribution in [-0.2, 0) is 61.7 Å². The molecule has 1 aromatic carbocycles. The molecule has 1 rings (SSSR count). The molecule has 0 bridgehead atoms. The molecule has 97 valence electrons. The minimum absolute atomic E-state index is 0. The zero-order valence-corrected chi connectivity index (χ0v) is 15.6. The molecule has 4 nitrogen and oxygen atoms in total. The first-order chi connectivity index (χ1) is 8.63. The monoisotopic (exact) mass is 501 g/mol. The molecule has 1 radical (unpaired) electrons. The Bertz CT molecular complexity index is 420. The van der Waals surface area contributed by atoms with Crippen molar-refractivity contribution in [1.82, 2.24) is 5.32 Å². The molecule has 1 amide bonds. The van der Waals surface area contributed by atoms with Crippen molar-refractivity contribution in [3.63, 3.8) is 0 Å². The van der Waals surface area contributed by atoms with Gasteiger partial charge in [-0.1, -0.05) is 0 Å². The fourth-order valence-electron chi connectivity index (χ4n) is 0.796. The molecule has 0 saturated carbocycles. The van der Waals surface area contributed by atoms with Gasteiger partial charge in [0.2, 0.25) is 0 Å². The van der Waals surface area contributed by atoms with Crippen LogP contribution < -0.4 is 5.32 Å². The van der Waals surface area contributed by atoms with E-state index in [9.17, 15) is 9.59 Å². The molecule has 0 heterocycles. The minimum atomic E-state index is -1.13. The van der Waals surface area contributed by atoms with Gasteiger partial charge in [-0.25, -0.2) is 0 Å². The van der Waals surface area contributed by atoms with Crippen LogP contribution in [0, 0.1) is 12.6 Å². The maximum Gasteiger partial charge on any atom is 0 e. The average Bonchev–Trinajstić information content (AvgIpc) is 2.38. The third-order valence-corrected chi connectivity index (χ3v) is 2.67. The molecular weight excluding hydrogens is 491 g/mol. The normalized spacial score (nSPS) is 8.95. The number of carboxylic acid groups (broad SMARTS) is 1. The fourth-order valence-corrected chi connectivity index (χ4v) is 1.50. The van der Waals surface area contributed by atoms with E-state index in [-0.39, 0.29) is 42.3 Å². The van der Waals surface area contributed by atoms with E-state index in [0.29, 0.717) is 0 Å². The van der Waals surface area contributed by atoms with E-state index in [0.717, 1.165) is 25.4 Å². The molecule has 6 heteroatoms. The molecule has 2 N–H and O–H groups in total. The first-order valence-corrected chi connectivity index (χ1v) is 6.17. The number of rotatable bonds is 5. The summed E-state index contributed by atoms with van der Waals surface area (Å²) < 4.78 is 0.277. The zero-order valence-electron chi connectivity index (χ0n) is 9.87. The Hall–Kier alpha value is -0.698. The number of nitrogens with one attached hydrogen (secondary N) is 1. The van der Waals surface area contributed by atoms with Gasteiger partial charge in [-0.15, -0.1) is 0 Å². The second kappa shape index (κ2) is 13.7. The first-order valence-electron chi connectivity index (χ1n) is 4.70. The van der Waals surface area contributed by atoms with Crippen molar-refractivity contribution in [2.45, 2.75) is 0 Å². The largest absolute Gasteiger partial charge is 0.184 e. The van der Waals surface area contributed by atoms with Crippen molar-refractivity contribution in [3.8, 4) is 0 Å². The van der Waals surface area contributed by atoms with Crippen LogP contribution in [-0.4, -0.2) is 21.5 Å². The van der Waals surface area contributed by atoms with E-state index >= 15 is 0 Å². The van der Waals surface area contributed by atoms with Crippen molar-refractivity contribution in [1.29, 1.82) is 0 Å². The summed E-state index contributed by atoms with van der Waals surface area (Å²) in [6, 6.07) is 12.5. The quantitative estimate of drug-likeness (QED) is 0.272. The first kappa shape index (κ1) is 20.6. The summed E-state index contributed by atoms with van der Waals surface area (Å²) in [5.41, 5.74) is -0.0316. The van der Waals surface area contributed by atoms with Gasteiger partial charge in [-0.3, -0.25) is 0 Å². The van der Waals surface area contributed by atoms with Gasteiger partial charge >= 0.3 is 80.1 Å². The Morgan fingerprint density at radius 1 is 1.37 bits per heavy atom. The summed E-state index contributed by atoms with van der Waals surface area (Å²) in [5.74, 6) is -1.13. The molecule has 0 fully saturated rings. The number of carbonyl (C=O) groups is 1. The summed E-state index contributed by atoms with van der Waals surface area (Å²) in [5, 5.41) is 10.7. The van der Waals surface area contributed by atoms with Crippen LogP contribution in [0.2, 0.25) is 0 Å². The molecule has 0 aliphatic carbocycles. The number of aliphatic carboxylic acids is 1.